The third-order valence-electron chi connectivity index (χ3n) is 2.84. The van der Waals surface area contributed by atoms with Gasteiger partial charge in [0.1, 0.15) is 0 Å². The van der Waals surface area contributed by atoms with Crippen LogP contribution >= 0.6 is 0 Å². The van der Waals surface area contributed by atoms with E-state index in [4.69, 9.17) is 0 Å². The Labute approximate surface area is 80.3 Å². The first kappa shape index (κ1) is 8.55. The van der Waals surface area contributed by atoms with Crippen LogP contribution in [0.2, 0.25) is 0 Å². The summed E-state index contributed by atoms with van der Waals surface area (Å²) in [5, 5.41) is 0. The summed E-state index contributed by atoms with van der Waals surface area (Å²) in [4.78, 5) is 0. The molecule has 0 fully saturated rings. The van der Waals surface area contributed by atoms with Crippen molar-refractivity contribution in [2.45, 2.75) is 26.7 Å². The van der Waals surface area contributed by atoms with E-state index >= 15 is 0 Å². The summed E-state index contributed by atoms with van der Waals surface area (Å²) in [6, 6.07) is 8.77. The molecule has 0 radical (unpaired) electrons. The molecule has 0 amide bonds. The number of hydrogen-bond donors (Lipinski definition) is 0. The van der Waals surface area contributed by atoms with Gasteiger partial charge in [-0.2, -0.15) is 0 Å². The van der Waals surface area contributed by atoms with Gasteiger partial charge in [0, 0.05) is 0 Å². The Kier molecular flexibility index (Phi) is 2.22. The summed E-state index contributed by atoms with van der Waals surface area (Å²) in [6.45, 7) is 4.54. The maximum atomic E-state index is 2.37. The van der Waals surface area contributed by atoms with Gasteiger partial charge in [0.05, 0.1) is 0 Å². The van der Waals surface area contributed by atoms with Crippen molar-refractivity contribution in [2.24, 2.45) is 5.92 Å². The third-order valence-corrected chi connectivity index (χ3v) is 2.84. The molecule has 0 saturated carbocycles. The number of fused-ring (bicyclic) bond motifs is 1. The Morgan fingerprint density at radius 2 is 2.00 bits per heavy atom. The lowest BCUT2D eigenvalue weighted by atomic mass is 9.97. The zero-order chi connectivity index (χ0) is 9.26. The first-order valence-corrected chi connectivity index (χ1v) is 5.02. The van der Waals surface area contributed by atoms with E-state index < -0.39 is 0 Å². The second-order valence-corrected chi connectivity index (χ2v) is 4.09. The molecule has 0 spiro atoms. The maximum Gasteiger partial charge on any atom is -0.0198 e. The predicted octanol–water partition coefficient (Wildman–Crippen LogP) is 3.67. The smallest absolute Gasteiger partial charge is 0.0198 e. The molecule has 1 atom stereocenters. The van der Waals surface area contributed by atoms with Crippen molar-refractivity contribution in [1.82, 2.24) is 0 Å². The normalized spacial score (nSPS) is 21.7. The van der Waals surface area contributed by atoms with Gasteiger partial charge in [0.2, 0.25) is 0 Å². The van der Waals surface area contributed by atoms with E-state index in [1.807, 2.05) is 0 Å². The number of allylic oxidation sites excluding steroid dienone is 2. The van der Waals surface area contributed by atoms with Gasteiger partial charge < -0.3 is 0 Å². The van der Waals surface area contributed by atoms with E-state index in [2.05, 4.69) is 44.2 Å². The highest BCUT2D eigenvalue weighted by Gasteiger charge is 2.11. The molecule has 0 heteroatoms. The topological polar surface area (TPSA) is 0 Å². The van der Waals surface area contributed by atoms with Gasteiger partial charge in [-0.3, -0.25) is 0 Å². The Balaban J connectivity index is 2.49. The van der Waals surface area contributed by atoms with Crippen LogP contribution in [0.4, 0.5) is 0 Å². The molecule has 0 heterocycles. The number of hydrogen-bond acceptors (Lipinski definition) is 0. The summed E-state index contributed by atoms with van der Waals surface area (Å²) in [7, 11) is 0. The van der Waals surface area contributed by atoms with Gasteiger partial charge >= 0.3 is 0 Å². The van der Waals surface area contributed by atoms with Crippen molar-refractivity contribution in [3.63, 3.8) is 0 Å². The zero-order valence-corrected chi connectivity index (χ0v) is 8.38. The summed E-state index contributed by atoms with van der Waals surface area (Å²) >= 11 is 0. The van der Waals surface area contributed by atoms with Crippen molar-refractivity contribution in [1.29, 1.82) is 0 Å². The average Bonchev–Trinajstić information content (AvgIpc) is 2.27. The molecule has 13 heavy (non-hydrogen) atoms. The molecule has 68 valence electrons. The fourth-order valence-electron chi connectivity index (χ4n) is 2.03. The summed E-state index contributed by atoms with van der Waals surface area (Å²) < 4.78 is 0. The van der Waals surface area contributed by atoms with Gasteiger partial charge in [-0.25, -0.2) is 0 Å². The molecule has 1 aromatic rings. The molecular weight excluding hydrogens is 156 g/mol. The van der Waals surface area contributed by atoms with Crippen LogP contribution in [0.25, 0.3) is 5.57 Å². The second kappa shape index (κ2) is 3.37. The fraction of sp³-hybridized carbons (Fsp3) is 0.385. The minimum Gasteiger partial charge on any atom is -0.0807 e. The first-order valence-electron chi connectivity index (χ1n) is 5.02. The van der Waals surface area contributed by atoms with Gasteiger partial charge in [-0.05, 0) is 42.4 Å². The lowest BCUT2D eigenvalue weighted by Gasteiger charge is -2.08. The molecule has 0 N–H and O–H groups in total. The van der Waals surface area contributed by atoms with Crippen LogP contribution in [0, 0.1) is 5.92 Å². The van der Waals surface area contributed by atoms with Crippen molar-refractivity contribution in [3.05, 3.63) is 41.5 Å². The van der Waals surface area contributed by atoms with Gasteiger partial charge in [0.15, 0.2) is 0 Å². The molecule has 1 aliphatic rings. The molecular formula is C13H16. The first-order chi connectivity index (χ1) is 6.27. The lowest BCUT2D eigenvalue weighted by Crippen LogP contribution is -1.97. The Hall–Kier alpha value is -1.04. The average molecular weight is 172 g/mol. The lowest BCUT2D eigenvalue weighted by molar-refractivity contribution is 0.594. The van der Waals surface area contributed by atoms with Gasteiger partial charge in [-0.15, -0.1) is 0 Å². The molecule has 0 bridgehead atoms. The van der Waals surface area contributed by atoms with Crippen LogP contribution in [-0.2, 0) is 6.42 Å². The minimum atomic E-state index is 0.790. The monoisotopic (exact) mass is 172 g/mol. The molecule has 2 rings (SSSR count). The molecule has 1 unspecified atom stereocenters. The van der Waals surface area contributed by atoms with E-state index in [1.54, 1.807) is 0 Å². The molecule has 1 aliphatic carbocycles. The van der Waals surface area contributed by atoms with Crippen molar-refractivity contribution in [3.8, 4) is 0 Å². The van der Waals surface area contributed by atoms with Crippen molar-refractivity contribution >= 4 is 5.57 Å². The van der Waals surface area contributed by atoms with Crippen molar-refractivity contribution in [2.75, 3.05) is 0 Å². The van der Waals surface area contributed by atoms with Crippen LogP contribution in [0.5, 0.6) is 0 Å². The number of rotatable bonds is 0. The maximum absolute atomic E-state index is 2.37. The third kappa shape index (κ3) is 1.67. The zero-order valence-electron chi connectivity index (χ0n) is 8.38. The summed E-state index contributed by atoms with van der Waals surface area (Å²) in [5.74, 6) is 0.790. The highest BCUT2D eigenvalue weighted by Crippen LogP contribution is 2.27. The second-order valence-electron chi connectivity index (χ2n) is 4.09. The van der Waals surface area contributed by atoms with Crippen LogP contribution in [0.15, 0.2) is 30.3 Å². The number of benzene rings is 1. The minimum absolute atomic E-state index is 0.790. The van der Waals surface area contributed by atoms with E-state index in [0.29, 0.717) is 0 Å². The van der Waals surface area contributed by atoms with Crippen LogP contribution < -0.4 is 0 Å². The van der Waals surface area contributed by atoms with Gasteiger partial charge in [-0.1, -0.05) is 37.3 Å². The van der Waals surface area contributed by atoms with Crippen LogP contribution in [0.3, 0.4) is 0 Å². The Morgan fingerprint density at radius 1 is 1.23 bits per heavy atom. The highest BCUT2D eigenvalue weighted by atomic mass is 14.2. The molecule has 0 saturated heterocycles. The van der Waals surface area contributed by atoms with E-state index in [0.717, 1.165) is 5.92 Å². The molecule has 0 aromatic heterocycles. The fourth-order valence-corrected chi connectivity index (χ4v) is 2.03. The summed E-state index contributed by atoms with van der Waals surface area (Å²) in [6.07, 6.45) is 4.82. The summed E-state index contributed by atoms with van der Waals surface area (Å²) in [5.41, 5.74) is 4.41. The standard InChI is InChI=1S/C13H16/c1-10-7-8-11(2)13-6-4-3-5-12(13)9-10/h3-6,8,10H,7,9H2,1-2H3. The van der Waals surface area contributed by atoms with E-state index in [1.165, 1.54) is 29.5 Å². The Bertz CT molecular complexity index is 334. The van der Waals surface area contributed by atoms with E-state index in [9.17, 15) is 0 Å². The Morgan fingerprint density at radius 3 is 2.85 bits per heavy atom. The quantitative estimate of drug-likeness (QED) is 0.560. The van der Waals surface area contributed by atoms with E-state index in [-0.39, 0.29) is 0 Å². The van der Waals surface area contributed by atoms with Gasteiger partial charge in [0.25, 0.3) is 0 Å². The molecule has 0 aliphatic heterocycles. The van der Waals surface area contributed by atoms with Crippen LogP contribution in [-0.4, -0.2) is 0 Å². The predicted molar refractivity (Wildman–Crippen MR) is 57.6 cm³/mol. The SMILES string of the molecule is CC1=CCC(C)Cc2ccccc21. The molecule has 0 nitrogen and oxygen atoms in total. The van der Waals surface area contributed by atoms with Crippen LogP contribution in [0.1, 0.15) is 31.4 Å². The molecule has 1 aromatic carbocycles. The largest absolute Gasteiger partial charge is 0.0807 e. The highest BCUT2D eigenvalue weighted by molar-refractivity contribution is 5.67. The van der Waals surface area contributed by atoms with Crippen molar-refractivity contribution < 1.29 is 0 Å².